The molecule has 3 nitrogen and oxygen atoms in total. The Kier molecular flexibility index (Phi) is 7.91. The molecule has 0 bridgehead atoms. The number of aliphatic hydroxyl groups excluding tert-OH is 1. The van der Waals surface area contributed by atoms with Crippen LogP contribution in [0.4, 0.5) is 0 Å². The minimum atomic E-state index is -0.161. The van der Waals surface area contributed by atoms with Crippen molar-refractivity contribution in [2.45, 2.75) is 6.42 Å². The molecule has 0 aliphatic rings. The van der Waals surface area contributed by atoms with Gasteiger partial charge in [0.15, 0.2) is 0 Å². The van der Waals surface area contributed by atoms with E-state index in [0.717, 1.165) is 0 Å². The molecule has 0 saturated carbocycles. The van der Waals surface area contributed by atoms with Gasteiger partial charge in [0.1, 0.15) is 0 Å². The van der Waals surface area contributed by atoms with E-state index in [1.165, 1.54) is 6.08 Å². The first kappa shape index (κ1) is 11.0. The second kappa shape index (κ2) is 7.17. The summed E-state index contributed by atoms with van der Waals surface area (Å²) >= 11 is 0. The number of carbonyl (C=O) groups excluding carboxylic acids is 1. The summed E-state index contributed by atoms with van der Waals surface area (Å²) in [6, 6.07) is 0. The normalized spacial score (nSPS) is 7.70. The fraction of sp³-hybridized carbons (Fsp3) is 0.500. The maximum absolute atomic E-state index is 10.5. The minimum Gasteiger partial charge on any atom is -0.517 e. The van der Waals surface area contributed by atoms with E-state index in [4.69, 9.17) is 11.7 Å². The zero-order chi connectivity index (χ0) is 7.11. The van der Waals surface area contributed by atoms with E-state index in [9.17, 15) is 4.79 Å². The van der Waals surface area contributed by atoms with Crippen molar-refractivity contribution in [1.82, 2.24) is 5.32 Å². The van der Waals surface area contributed by atoms with E-state index >= 15 is 0 Å². The molecule has 10 heavy (non-hydrogen) atoms. The number of aliphatic hydroxyl groups is 1. The Morgan fingerprint density at radius 3 is 2.70 bits per heavy atom. The zero-order valence-electron chi connectivity index (χ0n) is 5.84. The second-order valence-corrected chi connectivity index (χ2v) is 1.51. The molecule has 54 valence electrons. The smallest absolute Gasteiger partial charge is 0.221 e. The number of nitrogens with one attached hydrogen (secondary N) is 1. The van der Waals surface area contributed by atoms with Crippen LogP contribution in [0, 0.1) is 6.58 Å². The van der Waals surface area contributed by atoms with E-state index in [0.29, 0.717) is 6.54 Å². The third-order valence-electron chi connectivity index (χ3n) is 0.737. The molecule has 0 radical (unpaired) electrons. The minimum absolute atomic E-state index is 0. The summed E-state index contributed by atoms with van der Waals surface area (Å²) in [5.41, 5.74) is 0. The average molecular weight is 395 g/mol. The molecule has 0 aromatic rings. The summed E-state index contributed by atoms with van der Waals surface area (Å²) in [5, 5.41) is 10.7. The molecule has 0 aliphatic carbocycles. The van der Waals surface area contributed by atoms with Crippen LogP contribution >= 0.6 is 0 Å². The second-order valence-electron chi connectivity index (χ2n) is 1.51. The van der Waals surface area contributed by atoms with Crippen LogP contribution in [0.25, 0.3) is 0 Å². The molecule has 1 amide bonds. The van der Waals surface area contributed by atoms with Crippen LogP contribution in [0.15, 0.2) is 6.08 Å². The first-order valence-electron chi connectivity index (χ1n) is 2.72. The van der Waals surface area contributed by atoms with E-state index in [1.807, 2.05) is 0 Å². The SMILES string of the molecule is [CH-]=CCC(=O)NCCO.[Rf]. The van der Waals surface area contributed by atoms with Crippen molar-refractivity contribution in [2.24, 2.45) is 0 Å². The van der Waals surface area contributed by atoms with Gasteiger partial charge in [-0.1, -0.05) is 0 Å². The van der Waals surface area contributed by atoms with Gasteiger partial charge in [0, 0.05) is 13.0 Å². The van der Waals surface area contributed by atoms with Crippen molar-refractivity contribution in [3.05, 3.63) is 12.7 Å². The van der Waals surface area contributed by atoms with Crippen molar-refractivity contribution >= 4 is 5.91 Å². The van der Waals surface area contributed by atoms with Gasteiger partial charge in [0.05, 0.1) is 6.61 Å². The number of hydrogen-bond donors (Lipinski definition) is 2. The van der Waals surface area contributed by atoms with E-state index in [1.54, 1.807) is 0 Å². The van der Waals surface area contributed by atoms with Gasteiger partial charge in [-0.2, -0.15) is 0 Å². The predicted octanol–water partition coefficient (Wildman–Crippen LogP) is -0.526. The Balaban J connectivity index is 0. The van der Waals surface area contributed by atoms with Crippen LogP contribution in [-0.4, -0.2) is 24.2 Å². The van der Waals surface area contributed by atoms with Crippen molar-refractivity contribution in [2.75, 3.05) is 13.2 Å². The summed E-state index contributed by atoms with van der Waals surface area (Å²) in [5.74, 6) is -0.161. The molecular formula is C6H10NO2Rf-. The van der Waals surface area contributed by atoms with Gasteiger partial charge in [-0.15, -0.1) is 0 Å². The fourth-order valence-electron chi connectivity index (χ4n) is 0.375. The van der Waals surface area contributed by atoms with Gasteiger partial charge < -0.3 is 17.0 Å². The number of amides is 1. The molecule has 0 saturated heterocycles. The molecule has 0 unspecified atom stereocenters. The Morgan fingerprint density at radius 1 is 1.70 bits per heavy atom. The van der Waals surface area contributed by atoms with Crippen LogP contribution in [0.2, 0.25) is 0 Å². The van der Waals surface area contributed by atoms with Crippen molar-refractivity contribution in [3.8, 4) is 0 Å². The van der Waals surface area contributed by atoms with Gasteiger partial charge in [0.25, 0.3) is 0 Å². The molecule has 0 spiro atoms. The molecule has 0 aliphatic heterocycles. The molecule has 0 aromatic carbocycles. The summed E-state index contributed by atoms with van der Waals surface area (Å²) in [6.07, 6.45) is 1.48. The Morgan fingerprint density at radius 2 is 2.30 bits per heavy atom. The third kappa shape index (κ3) is 6.17. The largest absolute Gasteiger partial charge is 0.517 e. The maximum Gasteiger partial charge on any atom is 0.221 e. The Bertz CT molecular complexity index is 106. The molecule has 4 heteroatoms. The van der Waals surface area contributed by atoms with Crippen molar-refractivity contribution in [1.29, 1.82) is 0 Å². The van der Waals surface area contributed by atoms with Crippen molar-refractivity contribution < 1.29 is 9.90 Å². The quantitative estimate of drug-likeness (QED) is 0.630. The number of rotatable bonds is 4. The van der Waals surface area contributed by atoms with E-state index in [2.05, 4.69) is 5.32 Å². The molecule has 0 atom stereocenters. The molecular weight excluding hydrogens is 385 g/mol. The van der Waals surface area contributed by atoms with Gasteiger partial charge in [-0.05, 0) is 0 Å². The molecule has 2 N–H and O–H groups in total. The van der Waals surface area contributed by atoms with Crippen LogP contribution in [-0.2, 0) is 4.79 Å². The monoisotopic (exact) mass is 395 g/mol. The van der Waals surface area contributed by atoms with E-state index < -0.39 is 0 Å². The topological polar surface area (TPSA) is 49.3 Å². The van der Waals surface area contributed by atoms with Crippen LogP contribution in [0.1, 0.15) is 6.42 Å². The van der Waals surface area contributed by atoms with Crippen LogP contribution in [0.3, 0.4) is 0 Å². The third-order valence-corrected chi connectivity index (χ3v) is 0.737. The first-order valence-corrected chi connectivity index (χ1v) is 2.72. The molecule has 0 rings (SSSR count). The van der Waals surface area contributed by atoms with Gasteiger partial charge in [-0.25, -0.2) is 0 Å². The maximum atomic E-state index is 10.5. The summed E-state index contributed by atoms with van der Waals surface area (Å²) in [6.45, 7) is 5.22. The van der Waals surface area contributed by atoms with Gasteiger partial charge in [-0.3, -0.25) is 10.9 Å². The first-order chi connectivity index (χ1) is 4.31. The Labute approximate surface area is 54.4 Å². The Hall–Kier alpha value is -1.83. The van der Waals surface area contributed by atoms with Gasteiger partial charge in [0.2, 0.25) is 5.91 Å². The van der Waals surface area contributed by atoms with E-state index in [-0.39, 0.29) is 18.9 Å². The van der Waals surface area contributed by atoms with Crippen LogP contribution in [0.5, 0.6) is 0 Å². The van der Waals surface area contributed by atoms with Crippen LogP contribution < -0.4 is 5.32 Å². The molecule has 0 fully saturated rings. The standard InChI is InChI=1S/C6H10NO2.Rf/c1-2-3-6(9)7-4-5-8;/h1-2,8H,3-5H2,(H,7,9);/q-1;. The zero-order valence-corrected chi connectivity index (χ0v) is 12.2. The summed E-state index contributed by atoms with van der Waals surface area (Å²) in [4.78, 5) is 10.5. The molecule has 0 aromatic heterocycles. The number of carbonyl (C=O) groups is 1. The van der Waals surface area contributed by atoms with Crippen molar-refractivity contribution in [3.63, 3.8) is 0 Å². The predicted molar refractivity (Wildman–Crippen MR) is 33.6 cm³/mol. The average Bonchev–Trinajstić information content (AvgIpc) is 1.85. The fourth-order valence-corrected chi connectivity index (χ4v) is 0.375. The summed E-state index contributed by atoms with van der Waals surface area (Å²) < 4.78 is 0. The number of hydrogen-bond acceptors (Lipinski definition) is 2. The molecule has 0 heterocycles. The van der Waals surface area contributed by atoms with Gasteiger partial charge >= 0.3 is 0 Å². The summed E-state index contributed by atoms with van der Waals surface area (Å²) in [7, 11) is 0.